The quantitative estimate of drug-likeness (QED) is 0.618. The van der Waals surface area contributed by atoms with Crippen molar-refractivity contribution in [2.45, 2.75) is 6.92 Å². The molecule has 0 heterocycles. The summed E-state index contributed by atoms with van der Waals surface area (Å²) < 4.78 is 0. The van der Waals surface area contributed by atoms with Crippen LogP contribution in [0.2, 0.25) is 0 Å². The fraction of sp³-hybridized carbons (Fsp3) is 0.462. The van der Waals surface area contributed by atoms with Crippen molar-refractivity contribution in [3.63, 3.8) is 0 Å². The SMILES string of the molecule is Cc1ccc(C(=O)NCN(CCCl)CCCl)cc1. The Morgan fingerprint density at radius 2 is 1.72 bits per heavy atom. The summed E-state index contributed by atoms with van der Waals surface area (Å²) in [7, 11) is 0. The highest BCUT2D eigenvalue weighted by atomic mass is 35.5. The van der Waals surface area contributed by atoms with Gasteiger partial charge in [-0.15, -0.1) is 23.2 Å². The van der Waals surface area contributed by atoms with Gasteiger partial charge in [0.2, 0.25) is 0 Å². The molecule has 0 aromatic heterocycles. The van der Waals surface area contributed by atoms with E-state index in [-0.39, 0.29) is 5.91 Å². The van der Waals surface area contributed by atoms with Crippen LogP contribution in [0.4, 0.5) is 0 Å². The van der Waals surface area contributed by atoms with Crippen LogP contribution in [-0.4, -0.2) is 42.3 Å². The fourth-order valence-corrected chi connectivity index (χ4v) is 1.98. The normalized spacial score (nSPS) is 10.7. The molecule has 100 valence electrons. The second-order valence-corrected chi connectivity index (χ2v) is 4.78. The largest absolute Gasteiger partial charge is 0.339 e. The van der Waals surface area contributed by atoms with Crippen LogP contribution in [-0.2, 0) is 0 Å². The van der Waals surface area contributed by atoms with E-state index in [2.05, 4.69) is 5.32 Å². The molecule has 0 aliphatic rings. The Hall–Kier alpha value is -0.770. The Kier molecular flexibility index (Phi) is 7.09. The van der Waals surface area contributed by atoms with E-state index in [9.17, 15) is 4.79 Å². The van der Waals surface area contributed by atoms with Crippen LogP contribution >= 0.6 is 23.2 Å². The Morgan fingerprint density at radius 1 is 1.17 bits per heavy atom. The van der Waals surface area contributed by atoms with Gasteiger partial charge in [0.15, 0.2) is 0 Å². The minimum atomic E-state index is -0.0795. The number of nitrogens with zero attached hydrogens (tertiary/aromatic N) is 1. The van der Waals surface area contributed by atoms with E-state index < -0.39 is 0 Å². The molecule has 0 saturated heterocycles. The third-order valence-electron chi connectivity index (χ3n) is 2.58. The van der Waals surface area contributed by atoms with Crippen molar-refractivity contribution >= 4 is 29.1 Å². The van der Waals surface area contributed by atoms with Crippen LogP contribution in [0.1, 0.15) is 15.9 Å². The third-order valence-corrected chi connectivity index (χ3v) is 2.92. The van der Waals surface area contributed by atoms with Gasteiger partial charge in [-0.2, -0.15) is 0 Å². The lowest BCUT2D eigenvalue weighted by molar-refractivity contribution is 0.0926. The van der Waals surface area contributed by atoms with E-state index >= 15 is 0 Å². The standard InChI is InChI=1S/C13H18Cl2N2O/c1-11-2-4-12(5-3-11)13(18)16-10-17(8-6-14)9-7-15/h2-5H,6-10H2,1H3,(H,16,18). The number of carbonyl (C=O) groups excluding carboxylic acids is 1. The molecule has 0 spiro atoms. The molecular formula is C13H18Cl2N2O. The molecule has 3 nitrogen and oxygen atoms in total. The average Bonchev–Trinajstić information content (AvgIpc) is 2.37. The van der Waals surface area contributed by atoms with Crippen molar-refractivity contribution < 1.29 is 4.79 Å². The molecule has 18 heavy (non-hydrogen) atoms. The zero-order valence-electron chi connectivity index (χ0n) is 10.5. The van der Waals surface area contributed by atoms with Crippen molar-refractivity contribution in [3.8, 4) is 0 Å². The number of hydrogen-bond donors (Lipinski definition) is 1. The molecule has 0 atom stereocenters. The molecule has 0 aliphatic carbocycles. The molecule has 1 aromatic rings. The molecule has 1 aromatic carbocycles. The molecule has 0 unspecified atom stereocenters. The zero-order chi connectivity index (χ0) is 13.4. The number of halogens is 2. The summed E-state index contributed by atoms with van der Waals surface area (Å²) in [4.78, 5) is 13.9. The molecular weight excluding hydrogens is 271 g/mol. The predicted molar refractivity (Wildman–Crippen MR) is 76.5 cm³/mol. The maximum Gasteiger partial charge on any atom is 0.252 e. The maximum absolute atomic E-state index is 11.9. The van der Waals surface area contributed by atoms with Gasteiger partial charge < -0.3 is 5.32 Å². The summed E-state index contributed by atoms with van der Waals surface area (Å²) in [6.45, 7) is 3.88. The summed E-state index contributed by atoms with van der Waals surface area (Å²) in [5.41, 5.74) is 1.80. The van der Waals surface area contributed by atoms with Crippen LogP contribution in [0, 0.1) is 6.92 Å². The Morgan fingerprint density at radius 3 is 2.22 bits per heavy atom. The zero-order valence-corrected chi connectivity index (χ0v) is 12.0. The van der Waals surface area contributed by atoms with Crippen LogP contribution in [0.25, 0.3) is 0 Å². The number of hydrogen-bond acceptors (Lipinski definition) is 2. The molecule has 1 N–H and O–H groups in total. The third kappa shape index (κ3) is 5.25. The lowest BCUT2D eigenvalue weighted by Gasteiger charge is -2.20. The van der Waals surface area contributed by atoms with Crippen LogP contribution in [0.3, 0.4) is 0 Å². The highest BCUT2D eigenvalue weighted by Crippen LogP contribution is 2.02. The molecule has 1 rings (SSSR count). The number of alkyl halides is 2. The number of aryl methyl sites for hydroxylation is 1. The van der Waals surface area contributed by atoms with Crippen molar-refractivity contribution in [1.29, 1.82) is 0 Å². The van der Waals surface area contributed by atoms with Crippen LogP contribution in [0.15, 0.2) is 24.3 Å². The number of nitrogens with one attached hydrogen (secondary N) is 1. The smallest absolute Gasteiger partial charge is 0.252 e. The van der Waals surface area contributed by atoms with E-state index in [0.717, 1.165) is 5.56 Å². The van der Waals surface area contributed by atoms with E-state index in [0.29, 0.717) is 37.1 Å². The van der Waals surface area contributed by atoms with Gasteiger partial charge in [0.25, 0.3) is 5.91 Å². The molecule has 1 amide bonds. The second-order valence-electron chi connectivity index (χ2n) is 4.03. The van der Waals surface area contributed by atoms with Crippen molar-refractivity contribution in [2.75, 3.05) is 31.5 Å². The minimum absolute atomic E-state index is 0.0795. The Balaban J connectivity index is 2.46. The number of amides is 1. The van der Waals surface area contributed by atoms with Crippen molar-refractivity contribution in [1.82, 2.24) is 10.2 Å². The van der Waals surface area contributed by atoms with Gasteiger partial charge in [-0.3, -0.25) is 9.69 Å². The summed E-state index contributed by atoms with van der Waals surface area (Å²) in [6, 6.07) is 7.48. The Labute approximate surface area is 118 Å². The van der Waals surface area contributed by atoms with E-state index in [1.807, 2.05) is 36.1 Å². The summed E-state index contributed by atoms with van der Waals surface area (Å²) in [5, 5.41) is 2.86. The highest BCUT2D eigenvalue weighted by molar-refractivity contribution is 6.18. The van der Waals surface area contributed by atoms with Gasteiger partial charge >= 0.3 is 0 Å². The monoisotopic (exact) mass is 288 g/mol. The first-order valence-corrected chi connectivity index (χ1v) is 6.93. The number of rotatable bonds is 7. The highest BCUT2D eigenvalue weighted by Gasteiger charge is 2.07. The summed E-state index contributed by atoms with van der Waals surface area (Å²) >= 11 is 11.4. The van der Waals surface area contributed by atoms with Gasteiger partial charge in [0.1, 0.15) is 0 Å². The average molecular weight is 289 g/mol. The minimum Gasteiger partial charge on any atom is -0.339 e. The first-order chi connectivity index (χ1) is 8.67. The van der Waals surface area contributed by atoms with Crippen LogP contribution < -0.4 is 5.32 Å². The molecule has 0 aliphatic heterocycles. The van der Waals surface area contributed by atoms with E-state index in [1.54, 1.807) is 0 Å². The fourth-order valence-electron chi connectivity index (χ4n) is 1.50. The van der Waals surface area contributed by atoms with Gasteiger partial charge in [0.05, 0.1) is 6.67 Å². The van der Waals surface area contributed by atoms with Crippen molar-refractivity contribution in [3.05, 3.63) is 35.4 Å². The molecule has 5 heteroatoms. The lowest BCUT2D eigenvalue weighted by atomic mass is 10.1. The summed E-state index contributed by atoms with van der Waals surface area (Å²) in [5.74, 6) is 0.971. The molecule has 0 saturated carbocycles. The van der Waals surface area contributed by atoms with E-state index in [1.165, 1.54) is 0 Å². The topological polar surface area (TPSA) is 32.3 Å². The van der Waals surface area contributed by atoms with Gasteiger partial charge in [-0.1, -0.05) is 17.7 Å². The number of carbonyl (C=O) groups is 1. The number of benzene rings is 1. The molecule has 0 fully saturated rings. The summed E-state index contributed by atoms with van der Waals surface area (Å²) in [6.07, 6.45) is 0. The second kappa shape index (κ2) is 8.35. The lowest BCUT2D eigenvalue weighted by Crippen LogP contribution is -2.39. The van der Waals surface area contributed by atoms with E-state index in [4.69, 9.17) is 23.2 Å². The van der Waals surface area contributed by atoms with Crippen LogP contribution in [0.5, 0.6) is 0 Å². The first kappa shape index (κ1) is 15.3. The first-order valence-electron chi connectivity index (χ1n) is 5.86. The molecule has 0 radical (unpaired) electrons. The maximum atomic E-state index is 11.9. The Bertz CT molecular complexity index is 362. The van der Waals surface area contributed by atoms with Crippen molar-refractivity contribution in [2.24, 2.45) is 0 Å². The van der Waals surface area contributed by atoms with Gasteiger partial charge in [-0.25, -0.2) is 0 Å². The van der Waals surface area contributed by atoms with Gasteiger partial charge in [-0.05, 0) is 19.1 Å². The predicted octanol–water partition coefficient (Wildman–Crippen LogP) is 2.46. The van der Waals surface area contributed by atoms with Gasteiger partial charge in [0, 0.05) is 30.4 Å². The molecule has 0 bridgehead atoms.